The van der Waals surface area contributed by atoms with Crippen molar-refractivity contribution >= 4 is 5.78 Å². The minimum Gasteiger partial charge on any atom is -0.296 e. The van der Waals surface area contributed by atoms with Crippen LogP contribution in [0.2, 0.25) is 0 Å². The van der Waals surface area contributed by atoms with Crippen LogP contribution in [-0.2, 0) is 4.79 Å². The van der Waals surface area contributed by atoms with Crippen molar-refractivity contribution < 1.29 is 4.79 Å². The van der Waals surface area contributed by atoms with Crippen LogP contribution in [0.3, 0.4) is 0 Å². The molecule has 1 aliphatic rings. The smallest absolute Gasteiger partial charge is 0.164 e. The summed E-state index contributed by atoms with van der Waals surface area (Å²) in [5, 5.41) is 5.87. The normalized spacial score (nSPS) is 21.6. The van der Waals surface area contributed by atoms with E-state index in [1.807, 2.05) is 0 Å². The first-order chi connectivity index (χ1) is 3.80. The summed E-state index contributed by atoms with van der Waals surface area (Å²) < 4.78 is 0. The van der Waals surface area contributed by atoms with Crippen molar-refractivity contribution in [3.05, 3.63) is 6.92 Å². The molecule has 0 bridgehead atoms. The van der Waals surface area contributed by atoms with E-state index in [1.54, 1.807) is 0 Å². The number of Topliss-reactive ketones (excluding diaryl/α,β-unsaturated/α-hetero) is 1. The summed E-state index contributed by atoms with van der Waals surface area (Å²) in [6, 6.07) is 0. The van der Waals surface area contributed by atoms with Crippen LogP contribution in [0.25, 0.3) is 0 Å². The first-order valence-corrected chi connectivity index (χ1v) is 2.63. The molecule has 2 N–H and O–H groups in total. The van der Waals surface area contributed by atoms with Gasteiger partial charge in [0.25, 0.3) is 0 Å². The van der Waals surface area contributed by atoms with Gasteiger partial charge in [-0.15, -0.1) is 0 Å². The first-order valence-electron chi connectivity index (χ1n) is 2.63. The highest BCUT2D eigenvalue weighted by molar-refractivity contribution is 5.87. The zero-order valence-electron chi connectivity index (χ0n) is 4.61. The maximum Gasteiger partial charge on any atom is 0.164 e. The van der Waals surface area contributed by atoms with Gasteiger partial charge in [0.15, 0.2) is 5.78 Å². The van der Waals surface area contributed by atoms with E-state index >= 15 is 0 Å². The predicted octanol–water partition coefficient (Wildman–Crippen LogP) is -1.09. The Hall–Kier alpha value is -0.410. The number of carbonyl (C=O) groups is 1. The van der Waals surface area contributed by atoms with Gasteiger partial charge in [-0.25, -0.2) is 0 Å². The highest BCUT2D eigenvalue weighted by Crippen LogP contribution is 1.84. The number of carbonyl (C=O) groups excluding carboxylic acids is 1. The van der Waals surface area contributed by atoms with Crippen molar-refractivity contribution in [2.45, 2.75) is 6.17 Å². The molecule has 1 heterocycles. The standard InChI is InChI=1S/C5H9N2O/c1-4(8)5-6-2-3-7-5/h5-7H,1-3H2. The van der Waals surface area contributed by atoms with Crippen LogP contribution in [0, 0.1) is 6.92 Å². The third-order valence-electron chi connectivity index (χ3n) is 1.14. The largest absolute Gasteiger partial charge is 0.296 e. The van der Waals surface area contributed by atoms with Gasteiger partial charge in [-0.1, -0.05) is 0 Å². The summed E-state index contributed by atoms with van der Waals surface area (Å²) in [4.78, 5) is 10.4. The average Bonchev–Trinajstić information content (AvgIpc) is 2.12. The van der Waals surface area contributed by atoms with Gasteiger partial charge in [0.05, 0.1) is 0 Å². The number of hydrogen-bond acceptors (Lipinski definition) is 3. The molecular weight excluding hydrogens is 104 g/mol. The predicted molar refractivity (Wildman–Crippen MR) is 30.2 cm³/mol. The fraction of sp³-hybridized carbons (Fsp3) is 0.600. The Kier molecular flexibility index (Phi) is 1.60. The Morgan fingerprint density at radius 1 is 1.50 bits per heavy atom. The molecule has 3 nitrogen and oxygen atoms in total. The second kappa shape index (κ2) is 2.24. The van der Waals surface area contributed by atoms with E-state index in [-0.39, 0.29) is 11.9 Å². The van der Waals surface area contributed by atoms with Gasteiger partial charge in [0.2, 0.25) is 0 Å². The van der Waals surface area contributed by atoms with Crippen molar-refractivity contribution in [2.24, 2.45) is 0 Å². The van der Waals surface area contributed by atoms with E-state index < -0.39 is 0 Å². The molecule has 1 saturated heterocycles. The molecule has 0 aromatic carbocycles. The minimum atomic E-state index is -0.185. The molecule has 0 spiro atoms. The molecule has 1 fully saturated rings. The maximum atomic E-state index is 10.4. The molecule has 1 aliphatic heterocycles. The third-order valence-corrected chi connectivity index (χ3v) is 1.14. The highest BCUT2D eigenvalue weighted by Gasteiger charge is 2.16. The number of nitrogens with one attached hydrogen (secondary N) is 2. The lowest BCUT2D eigenvalue weighted by Gasteiger charge is -2.02. The second-order valence-electron chi connectivity index (χ2n) is 1.81. The summed E-state index contributed by atoms with van der Waals surface area (Å²) in [5.74, 6) is -0.0810. The van der Waals surface area contributed by atoms with Gasteiger partial charge in [0.1, 0.15) is 6.17 Å². The first kappa shape index (κ1) is 5.72. The molecule has 0 unspecified atom stereocenters. The van der Waals surface area contributed by atoms with Crippen molar-refractivity contribution in [1.82, 2.24) is 10.6 Å². The summed E-state index contributed by atoms with van der Waals surface area (Å²) in [7, 11) is 0. The Morgan fingerprint density at radius 2 is 2.00 bits per heavy atom. The summed E-state index contributed by atoms with van der Waals surface area (Å²) in [6.07, 6.45) is -0.185. The molecule has 0 atom stereocenters. The van der Waals surface area contributed by atoms with Gasteiger partial charge in [-0.2, -0.15) is 0 Å². The fourth-order valence-electron chi connectivity index (χ4n) is 0.733. The van der Waals surface area contributed by atoms with Crippen LogP contribution < -0.4 is 10.6 Å². The summed E-state index contributed by atoms with van der Waals surface area (Å²) in [6.45, 7) is 4.99. The van der Waals surface area contributed by atoms with Crippen LogP contribution in [0.4, 0.5) is 0 Å². The molecule has 8 heavy (non-hydrogen) atoms. The van der Waals surface area contributed by atoms with Crippen molar-refractivity contribution in [2.75, 3.05) is 13.1 Å². The van der Waals surface area contributed by atoms with Gasteiger partial charge >= 0.3 is 0 Å². The topological polar surface area (TPSA) is 41.1 Å². The lowest BCUT2D eigenvalue weighted by Crippen LogP contribution is -2.37. The van der Waals surface area contributed by atoms with Crippen LogP contribution >= 0.6 is 0 Å². The lowest BCUT2D eigenvalue weighted by atomic mass is 10.4. The molecule has 0 amide bonds. The SMILES string of the molecule is [CH2]C(=O)C1NCCN1. The fourth-order valence-corrected chi connectivity index (χ4v) is 0.733. The average molecular weight is 113 g/mol. The quantitative estimate of drug-likeness (QED) is 0.454. The van der Waals surface area contributed by atoms with Gasteiger partial charge < -0.3 is 0 Å². The van der Waals surface area contributed by atoms with Gasteiger partial charge in [-0.3, -0.25) is 15.4 Å². The van der Waals surface area contributed by atoms with Crippen LogP contribution in [0.5, 0.6) is 0 Å². The van der Waals surface area contributed by atoms with Crippen LogP contribution in [-0.4, -0.2) is 25.0 Å². The van der Waals surface area contributed by atoms with Crippen molar-refractivity contribution in [3.8, 4) is 0 Å². The number of ketones is 1. The van der Waals surface area contributed by atoms with Gasteiger partial charge in [-0.05, 0) is 0 Å². The molecule has 1 rings (SSSR count). The number of hydrogen-bond donors (Lipinski definition) is 2. The molecule has 0 aromatic rings. The molecule has 0 aromatic heterocycles. The lowest BCUT2D eigenvalue weighted by molar-refractivity contribution is -0.116. The Balaban J connectivity index is 2.35. The van der Waals surface area contributed by atoms with Crippen LogP contribution in [0.15, 0.2) is 0 Å². The van der Waals surface area contributed by atoms with Crippen molar-refractivity contribution in [3.63, 3.8) is 0 Å². The second-order valence-corrected chi connectivity index (χ2v) is 1.81. The minimum absolute atomic E-state index is 0.0810. The van der Waals surface area contributed by atoms with Gasteiger partial charge in [0, 0.05) is 20.0 Å². The number of rotatable bonds is 1. The summed E-state index contributed by atoms with van der Waals surface area (Å²) in [5.41, 5.74) is 0. The zero-order valence-corrected chi connectivity index (χ0v) is 4.61. The molecule has 0 aliphatic carbocycles. The van der Waals surface area contributed by atoms with E-state index in [1.165, 1.54) is 0 Å². The Bertz CT molecular complexity index is 96.6. The Labute approximate surface area is 48.5 Å². The molecule has 1 radical (unpaired) electrons. The zero-order chi connectivity index (χ0) is 5.98. The van der Waals surface area contributed by atoms with E-state index in [9.17, 15) is 4.79 Å². The molecular formula is C5H9N2O. The Morgan fingerprint density at radius 3 is 2.25 bits per heavy atom. The van der Waals surface area contributed by atoms with Crippen LogP contribution in [0.1, 0.15) is 0 Å². The summed E-state index contributed by atoms with van der Waals surface area (Å²) >= 11 is 0. The van der Waals surface area contributed by atoms with E-state index in [2.05, 4.69) is 17.6 Å². The van der Waals surface area contributed by atoms with E-state index in [0.29, 0.717) is 0 Å². The molecule has 0 saturated carbocycles. The highest BCUT2D eigenvalue weighted by atomic mass is 16.1. The van der Waals surface area contributed by atoms with E-state index in [4.69, 9.17) is 0 Å². The van der Waals surface area contributed by atoms with Crippen molar-refractivity contribution in [1.29, 1.82) is 0 Å². The maximum absolute atomic E-state index is 10.4. The third kappa shape index (κ3) is 1.05. The monoisotopic (exact) mass is 113 g/mol. The molecule has 3 heteroatoms. The molecule has 45 valence electrons. The van der Waals surface area contributed by atoms with E-state index in [0.717, 1.165) is 13.1 Å².